The van der Waals surface area contributed by atoms with Gasteiger partial charge in [-0.15, -0.1) is 10.2 Å². The van der Waals surface area contributed by atoms with Gasteiger partial charge in [0, 0.05) is 30.8 Å². The number of fused-ring (bicyclic) bond motifs is 2. The first-order valence-corrected chi connectivity index (χ1v) is 9.38. The highest BCUT2D eigenvalue weighted by Crippen LogP contribution is 2.28. The topological polar surface area (TPSA) is 50.5 Å². The van der Waals surface area contributed by atoms with Crippen LogP contribution in [0.1, 0.15) is 34.9 Å². The van der Waals surface area contributed by atoms with Crippen molar-refractivity contribution in [3.05, 3.63) is 78.2 Å². The first kappa shape index (κ1) is 16.0. The predicted octanol–water partition coefficient (Wildman–Crippen LogP) is 3.90. The van der Waals surface area contributed by atoms with Gasteiger partial charge in [-0.2, -0.15) is 0 Å². The molecule has 1 fully saturated rings. The quantitative estimate of drug-likeness (QED) is 0.547. The number of rotatable bonds is 2. The predicted molar refractivity (Wildman–Crippen MR) is 105 cm³/mol. The maximum Gasteiger partial charge on any atom is 0.254 e. The summed E-state index contributed by atoms with van der Waals surface area (Å²) in [7, 11) is 0. The van der Waals surface area contributed by atoms with Crippen LogP contribution in [0.4, 0.5) is 0 Å². The number of carbonyl (C=O) groups is 1. The summed E-state index contributed by atoms with van der Waals surface area (Å²) in [4.78, 5) is 15.2. The molecule has 5 rings (SSSR count). The number of likely N-dealkylation sites (tertiary alicyclic amines) is 1. The summed E-state index contributed by atoms with van der Waals surface area (Å²) in [6, 6.07) is 19.9. The summed E-state index contributed by atoms with van der Waals surface area (Å²) in [6.07, 6.45) is 3.99. The van der Waals surface area contributed by atoms with Crippen molar-refractivity contribution in [2.24, 2.45) is 0 Å². The minimum Gasteiger partial charge on any atom is -0.338 e. The van der Waals surface area contributed by atoms with E-state index < -0.39 is 0 Å². The van der Waals surface area contributed by atoms with Crippen molar-refractivity contribution in [2.75, 3.05) is 13.1 Å². The zero-order valence-electron chi connectivity index (χ0n) is 15.0. The summed E-state index contributed by atoms with van der Waals surface area (Å²) < 4.78 is 2.04. The molecule has 1 atom stereocenters. The van der Waals surface area contributed by atoms with Crippen molar-refractivity contribution in [1.82, 2.24) is 19.5 Å². The molecule has 0 bridgehead atoms. The Balaban J connectivity index is 1.46. The minimum atomic E-state index is 0.102. The Morgan fingerprint density at radius 2 is 1.81 bits per heavy atom. The molecule has 1 aliphatic heterocycles. The Bertz CT molecular complexity index is 1130. The Morgan fingerprint density at radius 1 is 0.963 bits per heavy atom. The van der Waals surface area contributed by atoms with Gasteiger partial charge in [-0.3, -0.25) is 9.20 Å². The van der Waals surface area contributed by atoms with E-state index in [4.69, 9.17) is 0 Å². The number of nitrogens with zero attached hydrogens (tertiary/aromatic N) is 4. The van der Waals surface area contributed by atoms with Crippen LogP contribution in [0.2, 0.25) is 0 Å². The maximum atomic E-state index is 13.3. The molecular weight excluding hydrogens is 336 g/mol. The van der Waals surface area contributed by atoms with Crippen LogP contribution < -0.4 is 0 Å². The third kappa shape index (κ3) is 2.76. The average Bonchev–Trinajstić information content (AvgIpc) is 3.17. The van der Waals surface area contributed by atoms with Gasteiger partial charge in [-0.1, -0.05) is 42.5 Å². The molecule has 1 amide bonds. The number of piperidine rings is 1. The summed E-state index contributed by atoms with van der Waals surface area (Å²) in [5.41, 5.74) is 1.63. The van der Waals surface area contributed by atoms with E-state index in [0.717, 1.165) is 47.2 Å². The SMILES string of the molecule is O=C(c1cccc2ccccc12)N1CCC[C@@H](c2nnc3ccccn23)C1. The summed E-state index contributed by atoms with van der Waals surface area (Å²) in [6.45, 7) is 1.47. The van der Waals surface area contributed by atoms with Crippen molar-refractivity contribution < 1.29 is 4.79 Å². The molecule has 134 valence electrons. The number of benzene rings is 2. The fourth-order valence-corrected chi connectivity index (χ4v) is 4.09. The molecule has 27 heavy (non-hydrogen) atoms. The van der Waals surface area contributed by atoms with E-state index in [1.165, 1.54) is 0 Å². The number of aromatic nitrogens is 3. The molecule has 1 saturated heterocycles. The second-order valence-corrected chi connectivity index (χ2v) is 7.10. The Hall–Kier alpha value is -3.21. The van der Waals surface area contributed by atoms with Crippen molar-refractivity contribution in [2.45, 2.75) is 18.8 Å². The maximum absolute atomic E-state index is 13.3. The van der Waals surface area contributed by atoms with Crippen LogP contribution in [-0.2, 0) is 0 Å². The van der Waals surface area contributed by atoms with E-state index in [9.17, 15) is 4.79 Å². The van der Waals surface area contributed by atoms with Crippen LogP contribution in [0.25, 0.3) is 16.4 Å². The monoisotopic (exact) mass is 356 g/mol. The van der Waals surface area contributed by atoms with Gasteiger partial charge in [0.25, 0.3) is 5.91 Å². The van der Waals surface area contributed by atoms with Crippen LogP contribution in [0.3, 0.4) is 0 Å². The van der Waals surface area contributed by atoms with Gasteiger partial charge in [0.1, 0.15) is 5.82 Å². The molecule has 2 aromatic carbocycles. The average molecular weight is 356 g/mol. The molecule has 5 nitrogen and oxygen atoms in total. The van der Waals surface area contributed by atoms with Gasteiger partial charge in [-0.05, 0) is 41.8 Å². The largest absolute Gasteiger partial charge is 0.338 e. The molecule has 4 aromatic rings. The highest BCUT2D eigenvalue weighted by atomic mass is 16.2. The van der Waals surface area contributed by atoms with Crippen LogP contribution in [-0.4, -0.2) is 38.5 Å². The molecule has 0 unspecified atom stereocenters. The minimum absolute atomic E-state index is 0.102. The Labute approximate surface area is 157 Å². The second-order valence-electron chi connectivity index (χ2n) is 7.10. The zero-order valence-corrected chi connectivity index (χ0v) is 15.0. The fraction of sp³-hybridized carbons (Fsp3) is 0.227. The lowest BCUT2D eigenvalue weighted by Crippen LogP contribution is -2.39. The molecule has 3 heterocycles. The molecule has 2 aromatic heterocycles. The lowest BCUT2D eigenvalue weighted by molar-refractivity contribution is 0.0706. The molecule has 0 saturated carbocycles. The normalized spacial score (nSPS) is 17.5. The second kappa shape index (κ2) is 6.50. The van der Waals surface area contributed by atoms with Gasteiger partial charge in [0.2, 0.25) is 0 Å². The molecule has 0 aliphatic carbocycles. The molecule has 1 aliphatic rings. The Kier molecular flexibility index (Phi) is 3.85. The Morgan fingerprint density at radius 3 is 2.78 bits per heavy atom. The number of pyridine rings is 1. The number of hydrogen-bond donors (Lipinski definition) is 0. The first-order valence-electron chi connectivity index (χ1n) is 9.38. The number of amides is 1. The third-order valence-electron chi connectivity index (χ3n) is 5.43. The fourth-order valence-electron chi connectivity index (χ4n) is 4.09. The molecule has 0 radical (unpaired) electrons. The molecule has 5 heteroatoms. The van der Waals surface area contributed by atoms with E-state index in [0.29, 0.717) is 6.54 Å². The van der Waals surface area contributed by atoms with Crippen LogP contribution in [0, 0.1) is 0 Å². The molecule has 0 spiro atoms. The third-order valence-corrected chi connectivity index (χ3v) is 5.43. The van der Waals surface area contributed by atoms with E-state index in [2.05, 4.69) is 10.2 Å². The van der Waals surface area contributed by atoms with Crippen LogP contribution in [0.15, 0.2) is 66.9 Å². The van der Waals surface area contributed by atoms with Crippen molar-refractivity contribution >= 4 is 22.3 Å². The van der Waals surface area contributed by atoms with Gasteiger partial charge in [0.15, 0.2) is 5.65 Å². The number of hydrogen-bond acceptors (Lipinski definition) is 3. The first-order chi connectivity index (χ1) is 13.3. The zero-order chi connectivity index (χ0) is 18.2. The van der Waals surface area contributed by atoms with E-state index in [1.54, 1.807) is 0 Å². The van der Waals surface area contributed by atoms with Crippen molar-refractivity contribution in [3.8, 4) is 0 Å². The van der Waals surface area contributed by atoms with E-state index >= 15 is 0 Å². The molecular formula is C22H20N4O. The van der Waals surface area contributed by atoms with Gasteiger partial charge in [-0.25, -0.2) is 0 Å². The summed E-state index contributed by atoms with van der Waals surface area (Å²) in [5, 5.41) is 10.8. The summed E-state index contributed by atoms with van der Waals surface area (Å²) in [5.74, 6) is 1.25. The highest BCUT2D eigenvalue weighted by molar-refractivity contribution is 6.07. The standard InChI is InChI=1S/C22H20N4O/c27-22(19-11-5-8-16-7-1-2-10-18(16)19)25-13-6-9-17(15-25)21-24-23-20-12-3-4-14-26(20)21/h1-5,7-8,10-12,14,17H,6,9,13,15H2/t17-/m1/s1. The van der Waals surface area contributed by atoms with E-state index in [1.807, 2.05) is 76.2 Å². The van der Waals surface area contributed by atoms with Gasteiger partial charge < -0.3 is 4.90 Å². The molecule has 0 N–H and O–H groups in total. The lowest BCUT2D eigenvalue weighted by atomic mass is 9.95. The number of carbonyl (C=O) groups excluding carboxylic acids is 1. The van der Waals surface area contributed by atoms with Gasteiger partial charge >= 0.3 is 0 Å². The highest BCUT2D eigenvalue weighted by Gasteiger charge is 2.28. The smallest absolute Gasteiger partial charge is 0.254 e. The van der Waals surface area contributed by atoms with Gasteiger partial charge in [0.05, 0.1) is 0 Å². The lowest BCUT2D eigenvalue weighted by Gasteiger charge is -2.32. The van der Waals surface area contributed by atoms with Crippen LogP contribution >= 0.6 is 0 Å². The van der Waals surface area contributed by atoms with Crippen LogP contribution in [0.5, 0.6) is 0 Å². The van der Waals surface area contributed by atoms with Crippen molar-refractivity contribution in [3.63, 3.8) is 0 Å². The summed E-state index contributed by atoms with van der Waals surface area (Å²) >= 11 is 0. The van der Waals surface area contributed by atoms with Crippen molar-refractivity contribution in [1.29, 1.82) is 0 Å². The van der Waals surface area contributed by atoms with E-state index in [-0.39, 0.29) is 11.8 Å².